The van der Waals surface area contributed by atoms with Gasteiger partial charge in [-0.1, -0.05) is 34.6 Å². The smallest absolute Gasteiger partial charge is 0.307 e. The van der Waals surface area contributed by atoms with E-state index in [-0.39, 0.29) is 17.7 Å². The summed E-state index contributed by atoms with van der Waals surface area (Å²) in [6.45, 7) is 9.10. The van der Waals surface area contributed by atoms with Crippen LogP contribution in [0.4, 0.5) is 0 Å². The number of carboxylic acid groups (broad SMARTS) is 1. The van der Waals surface area contributed by atoms with Gasteiger partial charge in [-0.2, -0.15) is 0 Å². The average molecular weight is 265 g/mol. The summed E-state index contributed by atoms with van der Waals surface area (Å²) in [5.41, 5.74) is -0.335. The molecule has 1 unspecified atom stereocenters. The van der Waals surface area contributed by atoms with Crippen molar-refractivity contribution in [2.24, 2.45) is 11.3 Å². The van der Waals surface area contributed by atoms with Crippen LogP contribution in [0, 0.1) is 11.3 Å². The summed E-state index contributed by atoms with van der Waals surface area (Å²) in [6.07, 6.45) is 0. The van der Waals surface area contributed by atoms with Crippen LogP contribution in [0.5, 0.6) is 0 Å². The summed E-state index contributed by atoms with van der Waals surface area (Å²) >= 11 is 0. The van der Waals surface area contributed by atoms with Crippen LogP contribution in [0.15, 0.2) is 0 Å². The van der Waals surface area contributed by atoms with Crippen LogP contribution in [-0.2, 0) is 14.8 Å². The number of aliphatic carboxylic acids is 1. The Kier molecular flexibility index (Phi) is 5.61. The van der Waals surface area contributed by atoms with Gasteiger partial charge in [0.15, 0.2) is 0 Å². The lowest BCUT2D eigenvalue weighted by molar-refractivity contribution is -0.141. The van der Waals surface area contributed by atoms with Gasteiger partial charge in [-0.25, -0.2) is 12.7 Å². The summed E-state index contributed by atoms with van der Waals surface area (Å²) in [5, 5.41) is 8.80. The zero-order valence-electron chi connectivity index (χ0n) is 11.2. The minimum absolute atomic E-state index is 0.0280. The Morgan fingerprint density at radius 3 is 2.12 bits per heavy atom. The van der Waals surface area contributed by atoms with Crippen molar-refractivity contribution in [3.8, 4) is 0 Å². The van der Waals surface area contributed by atoms with Crippen molar-refractivity contribution in [2.45, 2.75) is 34.6 Å². The third-order valence-electron chi connectivity index (χ3n) is 2.26. The fraction of sp³-hybridized carbons (Fsp3) is 0.909. The third-order valence-corrected chi connectivity index (χ3v) is 4.69. The molecule has 0 saturated carbocycles. The van der Waals surface area contributed by atoms with E-state index in [1.807, 2.05) is 20.8 Å². The van der Waals surface area contributed by atoms with Gasteiger partial charge in [-0.3, -0.25) is 4.79 Å². The van der Waals surface area contributed by atoms with Crippen molar-refractivity contribution in [1.29, 1.82) is 0 Å². The Balaban J connectivity index is 4.82. The molecule has 0 aliphatic rings. The zero-order chi connectivity index (χ0) is 13.9. The number of carbonyl (C=O) groups is 1. The van der Waals surface area contributed by atoms with Gasteiger partial charge < -0.3 is 5.11 Å². The molecule has 0 aliphatic heterocycles. The van der Waals surface area contributed by atoms with Crippen molar-refractivity contribution in [3.63, 3.8) is 0 Å². The van der Waals surface area contributed by atoms with E-state index in [0.717, 1.165) is 0 Å². The lowest BCUT2D eigenvalue weighted by Gasteiger charge is -2.26. The topological polar surface area (TPSA) is 74.7 Å². The molecule has 0 fully saturated rings. The maximum Gasteiger partial charge on any atom is 0.307 e. The molecule has 0 radical (unpaired) electrons. The molecule has 5 nitrogen and oxygen atoms in total. The number of carboxylic acids is 1. The average Bonchev–Trinajstić information content (AvgIpc) is 2.08. The molecule has 0 aromatic rings. The van der Waals surface area contributed by atoms with Gasteiger partial charge in [0.05, 0.1) is 11.7 Å². The Hall–Kier alpha value is -0.620. The Labute approximate surface area is 104 Å². The fourth-order valence-electron chi connectivity index (χ4n) is 1.46. The molecule has 0 aliphatic carbocycles. The van der Waals surface area contributed by atoms with Gasteiger partial charge in [0.1, 0.15) is 0 Å². The molecular formula is C11H23NO4S. The van der Waals surface area contributed by atoms with E-state index in [9.17, 15) is 13.2 Å². The van der Waals surface area contributed by atoms with E-state index in [4.69, 9.17) is 5.11 Å². The van der Waals surface area contributed by atoms with Crippen LogP contribution in [0.25, 0.3) is 0 Å². The Morgan fingerprint density at radius 2 is 1.82 bits per heavy atom. The monoisotopic (exact) mass is 265 g/mol. The highest BCUT2D eigenvalue weighted by Crippen LogP contribution is 2.19. The molecule has 0 rings (SSSR count). The molecule has 102 valence electrons. The normalized spacial score (nSPS) is 14.9. The highest BCUT2D eigenvalue weighted by molar-refractivity contribution is 7.89. The molecule has 0 aromatic carbocycles. The first-order chi connectivity index (χ1) is 7.49. The molecule has 0 amide bonds. The van der Waals surface area contributed by atoms with Crippen molar-refractivity contribution >= 4 is 16.0 Å². The molecule has 0 aromatic heterocycles. The largest absolute Gasteiger partial charge is 0.481 e. The van der Waals surface area contributed by atoms with Crippen molar-refractivity contribution in [1.82, 2.24) is 4.31 Å². The minimum Gasteiger partial charge on any atom is -0.481 e. The second kappa shape index (κ2) is 5.82. The van der Waals surface area contributed by atoms with Crippen LogP contribution in [0.1, 0.15) is 34.6 Å². The predicted molar refractivity (Wildman–Crippen MR) is 67.3 cm³/mol. The highest BCUT2D eigenvalue weighted by atomic mass is 32.2. The van der Waals surface area contributed by atoms with Crippen LogP contribution < -0.4 is 0 Å². The van der Waals surface area contributed by atoms with Gasteiger partial charge in [-0.15, -0.1) is 0 Å². The van der Waals surface area contributed by atoms with Gasteiger partial charge in [0.25, 0.3) is 0 Å². The van der Waals surface area contributed by atoms with E-state index in [2.05, 4.69) is 0 Å². The second-order valence-corrected chi connectivity index (χ2v) is 7.48. The standard InChI is InChI=1S/C11H23NO4S/c1-6-12(7-9(2)10(13)14)17(15,16)8-11(3,4)5/h9H,6-8H2,1-5H3,(H,13,14). The third kappa shape index (κ3) is 6.02. The fourth-order valence-corrected chi connectivity index (χ4v) is 3.58. The molecule has 0 saturated heterocycles. The lowest BCUT2D eigenvalue weighted by Crippen LogP contribution is -2.40. The molecule has 1 N–H and O–H groups in total. The molecule has 17 heavy (non-hydrogen) atoms. The summed E-state index contributed by atoms with van der Waals surface area (Å²) in [5.74, 6) is -1.64. The van der Waals surface area contributed by atoms with Gasteiger partial charge >= 0.3 is 5.97 Å². The molecule has 0 spiro atoms. The highest BCUT2D eigenvalue weighted by Gasteiger charge is 2.29. The molecule has 0 heterocycles. The maximum atomic E-state index is 12.1. The summed E-state index contributed by atoms with van der Waals surface area (Å²) in [4.78, 5) is 10.7. The first-order valence-corrected chi connectivity index (χ1v) is 7.31. The Bertz CT molecular complexity index is 356. The molecule has 6 heteroatoms. The lowest BCUT2D eigenvalue weighted by atomic mass is 10.0. The van der Waals surface area contributed by atoms with E-state index < -0.39 is 21.9 Å². The van der Waals surface area contributed by atoms with E-state index in [0.29, 0.717) is 6.54 Å². The first-order valence-electron chi connectivity index (χ1n) is 5.70. The Morgan fingerprint density at radius 1 is 1.35 bits per heavy atom. The van der Waals surface area contributed by atoms with Crippen molar-refractivity contribution in [2.75, 3.05) is 18.8 Å². The maximum absolute atomic E-state index is 12.1. The van der Waals surface area contributed by atoms with Crippen LogP contribution >= 0.6 is 0 Å². The van der Waals surface area contributed by atoms with E-state index >= 15 is 0 Å². The SMILES string of the molecule is CCN(CC(C)C(=O)O)S(=O)(=O)CC(C)(C)C. The quantitative estimate of drug-likeness (QED) is 0.788. The first kappa shape index (κ1) is 16.4. The predicted octanol–water partition coefficient (Wildman–Crippen LogP) is 1.40. The number of nitrogens with zero attached hydrogens (tertiary/aromatic N) is 1. The number of hydrogen-bond donors (Lipinski definition) is 1. The molecule has 1 atom stereocenters. The number of hydrogen-bond acceptors (Lipinski definition) is 3. The van der Waals surface area contributed by atoms with Gasteiger partial charge in [0.2, 0.25) is 10.0 Å². The van der Waals surface area contributed by atoms with Crippen molar-refractivity contribution in [3.05, 3.63) is 0 Å². The minimum atomic E-state index is -3.39. The number of rotatable bonds is 6. The summed E-state index contributed by atoms with van der Waals surface area (Å²) < 4.78 is 25.4. The van der Waals surface area contributed by atoms with E-state index in [1.165, 1.54) is 11.2 Å². The van der Waals surface area contributed by atoms with Crippen molar-refractivity contribution < 1.29 is 18.3 Å². The van der Waals surface area contributed by atoms with Crippen LogP contribution in [0.2, 0.25) is 0 Å². The number of sulfonamides is 1. The zero-order valence-corrected chi connectivity index (χ0v) is 12.0. The van der Waals surface area contributed by atoms with E-state index in [1.54, 1.807) is 6.92 Å². The van der Waals surface area contributed by atoms with Gasteiger partial charge in [-0.05, 0) is 5.41 Å². The molecule has 0 bridgehead atoms. The van der Waals surface area contributed by atoms with Crippen LogP contribution in [0.3, 0.4) is 0 Å². The molecular weight excluding hydrogens is 242 g/mol. The van der Waals surface area contributed by atoms with Crippen LogP contribution in [-0.4, -0.2) is 42.6 Å². The summed E-state index contributed by atoms with van der Waals surface area (Å²) in [6, 6.07) is 0. The van der Waals surface area contributed by atoms with Gasteiger partial charge in [0, 0.05) is 13.1 Å². The second-order valence-electron chi connectivity index (χ2n) is 5.51. The summed E-state index contributed by atoms with van der Waals surface area (Å²) in [7, 11) is -3.39.